The predicted molar refractivity (Wildman–Crippen MR) is 53.5 cm³/mol. The van der Waals surface area contributed by atoms with E-state index in [0.29, 0.717) is 17.9 Å². The van der Waals surface area contributed by atoms with Gasteiger partial charge in [-0.2, -0.15) is 0 Å². The molecule has 1 aromatic rings. The predicted octanol–water partition coefficient (Wildman–Crippen LogP) is 1.53. The minimum atomic E-state index is -0.327. The van der Waals surface area contributed by atoms with Crippen molar-refractivity contribution in [2.45, 2.75) is 6.92 Å². The summed E-state index contributed by atoms with van der Waals surface area (Å²) < 4.78 is 18.1. The van der Waals surface area contributed by atoms with Gasteiger partial charge in [0.25, 0.3) is 0 Å². The van der Waals surface area contributed by atoms with Gasteiger partial charge in [-0.15, -0.1) is 0 Å². The van der Waals surface area contributed by atoms with Crippen molar-refractivity contribution >= 4 is 0 Å². The average Bonchev–Trinajstić information content (AvgIpc) is 2.17. The van der Waals surface area contributed by atoms with Gasteiger partial charge in [-0.05, 0) is 19.1 Å². The fourth-order valence-corrected chi connectivity index (χ4v) is 1.02. The average molecular weight is 193 g/mol. The van der Waals surface area contributed by atoms with E-state index in [1.165, 1.54) is 12.1 Å². The van der Waals surface area contributed by atoms with E-state index in [1.54, 1.807) is 6.07 Å². The smallest absolute Gasteiger partial charge is 0.137 e. The molecule has 1 aromatic carbocycles. The molecule has 74 valence electrons. The summed E-state index contributed by atoms with van der Waals surface area (Å²) >= 11 is 0. The SMILES string of the molecule is CCOc1cc(F)ccc1C#CCN. The van der Waals surface area contributed by atoms with E-state index in [2.05, 4.69) is 11.8 Å². The third-order valence-corrected chi connectivity index (χ3v) is 1.57. The van der Waals surface area contributed by atoms with Crippen LogP contribution in [0.3, 0.4) is 0 Å². The van der Waals surface area contributed by atoms with Crippen LogP contribution in [0.1, 0.15) is 12.5 Å². The number of hydrogen-bond acceptors (Lipinski definition) is 2. The van der Waals surface area contributed by atoms with Crippen molar-refractivity contribution in [3.05, 3.63) is 29.6 Å². The maximum Gasteiger partial charge on any atom is 0.137 e. The molecule has 1 rings (SSSR count). The molecule has 0 saturated heterocycles. The van der Waals surface area contributed by atoms with E-state index >= 15 is 0 Å². The Kier molecular flexibility index (Phi) is 3.96. The van der Waals surface area contributed by atoms with E-state index in [1.807, 2.05) is 6.92 Å². The highest BCUT2D eigenvalue weighted by molar-refractivity contribution is 5.46. The Hall–Kier alpha value is -1.53. The van der Waals surface area contributed by atoms with Gasteiger partial charge in [-0.3, -0.25) is 0 Å². The van der Waals surface area contributed by atoms with Crippen molar-refractivity contribution in [2.75, 3.05) is 13.2 Å². The Bertz CT molecular complexity index is 365. The Balaban J connectivity index is 3.01. The third-order valence-electron chi connectivity index (χ3n) is 1.57. The number of hydrogen-bond donors (Lipinski definition) is 1. The van der Waals surface area contributed by atoms with Crippen LogP contribution in [0.4, 0.5) is 4.39 Å². The fraction of sp³-hybridized carbons (Fsp3) is 0.273. The lowest BCUT2D eigenvalue weighted by Crippen LogP contribution is -1.96. The minimum Gasteiger partial charge on any atom is -0.492 e. The summed E-state index contributed by atoms with van der Waals surface area (Å²) in [6, 6.07) is 4.26. The molecule has 0 aliphatic rings. The monoisotopic (exact) mass is 193 g/mol. The summed E-state index contributed by atoms with van der Waals surface area (Å²) in [5, 5.41) is 0. The molecule has 14 heavy (non-hydrogen) atoms. The first-order valence-electron chi connectivity index (χ1n) is 4.39. The number of nitrogens with two attached hydrogens (primary N) is 1. The molecule has 2 N–H and O–H groups in total. The van der Waals surface area contributed by atoms with Gasteiger partial charge in [-0.1, -0.05) is 11.8 Å². The van der Waals surface area contributed by atoms with Gasteiger partial charge >= 0.3 is 0 Å². The Labute approximate surface area is 82.9 Å². The summed E-state index contributed by atoms with van der Waals surface area (Å²) in [7, 11) is 0. The second kappa shape index (κ2) is 5.25. The lowest BCUT2D eigenvalue weighted by atomic mass is 10.2. The highest BCUT2D eigenvalue weighted by Gasteiger charge is 2.01. The molecule has 0 aromatic heterocycles. The molecule has 0 aliphatic carbocycles. The normalized spacial score (nSPS) is 9.07. The number of halogens is 1. The van der Waals surface area contributed by atoms with Gasteiger partial charge in [0.2, 0.25) is 0 Å². The first kappa shape index (κ1) is 10.6. The number of ether oxygens (including phenoxy) is 1. The van der Waals surface area contributed by atoms with Crippen molar-refractivity contribution in [3.8, 4) is 17.6 Å². The zero-order chi connectivity index (χ0) is 10.4. The first-order chi connectivity index (χ1) is 6.77. The van der Waals surface area contributed by atoms with E-state index in [9.17, 15) is 4.39 Å². The van der Waals surface area contributed by atoms with Crippen LogP contribution in [0, 0.1) is 17.7 Å². The first-order valence-corrected chi connectivity index (χ1v) is 4.39. The standard InChI is InChI=1S/C11H12FNO/c1-2-14-11-8-10(12)6-5-9(11)4-3-7-13/h5-6,8H,2,7,13H2,1H3. The molecule has 0 fully saturated rings. The second-order valence-electron chi connectivity index (χ2n) is 2.58. The van der Waals surface area contributed by atoms with Gasteiger partial charge in [0.05, 0.1) is 18.7 Å². The van der Waals surface area contributed by atoms with E-state index in [4.69, 9.17) is 10.5 Å². The molecule has 0 atom stereocenters. The van der Waals surface area contributed by atoms with Crippen LogP contribution >= 0.6 is 0 Å². The van der Waals surface area contributed by atoms with Crippen LogP contribution in [0.15, 0.2) is 18.2 Å². The van der Waals surface area contributed by atoms with Crippen molar-refractivity contribution in [2.24, 2.45) is 5.73 Å². The molecule has 0 spiro atoms. The van der Waals surface area contributed by atoms with E-state index in [0.717, 1.165) is 0 Å². The zero-order valence-electron chi connectivity index (χ0n) is 8.01. The molecule has 0 heterocycles. The lowest BCUT2D eigenvalue weighted by molar-refractivity contribution is 0.337. The van der Waals surface area contributed by atoms with Crippen LogP contribution in [-0.2, 0) is 0 Å². The van der Waals surface area contributed by atoms with Crippen molar-refractivity contribution in [1.29, 1.82) is 0 Å². The van der Waals surface area contributed by atoms with Crippen LogP contribution in [-0.4, -0.2) is 13.2 Å². The highest BCUT2D eigenvalue weighted by atomic mass is 19.1. The highest BCUT2D eigenvalue weighted by Crippen LogP contribution is 2.18. The van der Waals surface area contributed by atoms with E-state index < -0.39 is 0 Å². The third kappa shape index (κ3) is 2.75. The quantitative estimate of drug-likeness (QED) is 0.723. The molecule has 2 nitrogen and oxygen atoms in total. The van der Waals surface area contributed by atoms with Crippen LogP contribution in [0.25, 0.3) is 0 Å². The Morgan fingerprint density at radius 3 is 2.93 bits per heavy atom. The van der Waals surface area contributed by atoms with Gasteiger partial charge in [0.1, 0.15) is 11.6 Å². The Morgan fingerprint density at radius 2 is 2.29 bits per heavy atom. The maximum atomic E-state index is 12.8. The summed E-state index contributed by atoms with van der Waals surface area (Å²) in [6.45, 7) is 2.61. The zero-order valence-corrected chi connectivity index (χ0v) is 8.01. The fourth-order valence-electron chi connectivity index (χ4n) is 1.02. The molecule has 0 amide bonds. The summed E-state index contributed by atoms with van der Waals surface area (Å²) in [4.78, 5) is 0. The van der Waals surface area contributed by atoms with Gasteiger partial charge < -0.3 is 10.5 Å². The number of rotatable bonds is 2. The van der Waals surface area contributed by atoms with Gasteiger partial charge in [0.15, 0.2) is 0 Å². The minimum absolute atomic E-state index is 0.281. The maximum absolute atomic E-state index is 12.8. The van der Waals surface area contributed by atoms with Gasteiger partial charge in [0, 0.05) is 6.07 Å². The molecule has 0 unspecified atom stereocenters. The molecular formula is C11H12FNO. The van der Waals surface area contributed by atoms with Crippen LogP contribution in [0.2, 0.25) is 0 Å². The molecular weight excluding hydrogens is 181 g/mol. The van der Waals surface area contributed by atoms with Crippen molar-refractivity contribution < 1.29 is 9.13 Å². The topological polar surface area (TPSA) is 35.2 Å². The molecule has 3 heteroatoms. The summed E-state index contributed by atoms with van der Waals surface area (Å²) in [5.74, 6) is 5.66. The second-order valence-corrected chi connectivity index (χ2v) is 2.58. The summed E-state index contributed by atoms with van der Waals surface area (Å²) in [6.07, 6.45) is 0. The molecule has 0 saturated carbocycles. The Morgan fingerprint density at radius 1 is 1.50 bits per heavy atom. The van der Waals surface area contributed by atoms with Crippen molar-refractivity contribution in [3.63, 3.8) is 0 Å². The lowest BCUT2D eigenvalue weighted by Gasteiger charge is -2.05. The molecule has 0 bridgehead atoms. The van der Waals surface area contributed by atoms with Crippen LogP contribution in [0.5, 0.6) is 5.75 Å². The van der Waals surface area contributed by atoms with Crippen molar-refractivity contribution in [1.82, 2.24) is 0 Å². The van der Waals surface area contributed by atoms with E-state index in [-0.39, 0.29) is 12.4 Å². The van der Waals surface area contributed by atoms with Crippen LogP contribution < -0.4 is 10.5 Å². The molecule has 0 aliphatic heterocycles. The summed E-state index contributed by atoms with van der Waals surface area (Å²) in [5.41, 5.74) is 5.91. The molecule has 0 radical (unpaired) electrons. The van der Waals surface area contributed by atoms with Gasteiger partial charge in [-0.25, -0.2) is 4.39 Å². The largest absolute Gasteiger partial charge is 0.492 e. The number of benzene rings is 1.